The van der Waals surface area contributed by atoms with Gasteiger partial charge in [-0.3, -0.25) is 23.0 Å². The molecule has 0 fully saturated rings. The second-order valence-corrected chi connectivity index (χ2v) is 9.65. The molecule has 0 saturated carbocycles. The van der Waals surface area contributed by atoms with Crippen molar-refractivity contribution < 1.29 is 13.2 Å². The number of aromatic nitrogens is 3. The highest BCUT2D eigenvalue weighted by atomic mass is 32.2. The highest BCUT2D eigenvalue weighted by Gasteiger charge is 2.24. The van der Waals surface area contributed by atoms with Gasteiger partial charge in [0.05, 0.1) is 27.9 Å². The lowest BCUT2D eigenvalue weighted by atomic mass is 10.2. The van der Waals surface area contributed by atoms with Gasteiger partial charge in [0.25, 0.3) is 21.5 Å². The first-order valence-electron chi connectivity index (χ1n) is 10.7. The highest BCUT2D eigenvalue weighted by molar-refractivity contribution is 7.92. The molecule has 35 heavy (non-hydrogen) atoms. The minimum absolute atomic E-state index is 0.0311. The quantitative estimate of drug-likeness (QED) is 0.439. The summed E-state index contributed by atoms with van der Waals surface area (Å²) in [4.78, 5) is 41.6. The number of hydrogen-bond acceptors (Lipinski definition) is 6. The Labute approximate surface area is 201 Å². The maximum Gasteiger partial charge on any atom is 0.332 e. The number of nitrogens with zero attached hydrogens (tertiary/aromatic N) is 4. The molecule has 4 aromatic rings. The van der Waals surface area contributed by atoms with Crippen molar-refractivity contribution in [1.29, 1.82) is 0 Å². The van der Waals surface area contributed by atoms with Gasteiger partial charge in [-0.1, -0.05) is 24.3 Å². The zero-order chi connectivity index (χ0) is 25.3. The maximum atomic E-state index is 13.3. The number of anilines is 2. The Morgan fingerprint density at radius 2 is 1.71 bits per heavy atom. The molecule has 0 saturated heterocycles. The number of nitrogens with one attached hydrogen (secondary N) is 1. The third kappa shape index (κ3) is 4.33. The molecule has 10 nitrogen and oxygen atoms in total. The molecule has 0 unspecified atom stereocenters. The van der Waals surface area contributed by atoms with Crippen molar-refractivity contribution >= 4 is 38.3 Å². The van der Waals surface area contributed by atoms with Crippen LogP contribution in [0, 0.1) is 0 Å². The number of aryl methyl sites for hydroxylation is 1. The summed E-state index contributed by atoms with van der Waals surface area (Å²) < 4.78 is 30.0. The van der Waals surface area contributed by atoms with Crippen LogP contribution in [-0.2, 0) is 24.1 Å². The fourth-order valence-electron chi connectivity index (χ4n) is 3.75. The summed E-state index contributed by atoms with van der Waals surface area (Å²) in [6.07, 6.45) is 1.33. The van der Waals surface area contributed by atoms with Crippen LogP contribution in [0.25, 0.3) is 11.0 Å². The van der Waals surface area contributed by atoms with E-state index in [1.54, 1.807) is 37.3 Å². The minimum atomic E-state index is -3.92. The number of hydrogen-bond donors (Lipinski definition) is 1. The lowest BCUT2D eigenvalue weighted by molar-refractivity contribution is 0.102. The number of amides is 1. The second kappa shape index (κ2) is 9.18. The van der Waals surface area contributed by atoms with E-state index in [0.717, 1.165) is 4.57 Å². The Balaban J connectivity index is 1.66. The number of para-hydroxylation sites is 1. The molecule has 0 aliphatic carbocycles. The molecule has 2 aromatic carbocycles. The SMILES string of the molecule is CCN(c1ccccc1)S(=O)(=O)c1cccc(C(=O)Nc2cnc3c(c2)c(=O)n(C)c(=O)n3C)c1. The molecule has 0 atom stereocenters. The predicted octanol–water partition coefficient (Wildman–Crippen LogP) is 2.10. The Hall–Kier alpha value is -4.25. The van der Waals surface area contributed by atoms with Crippen LogP contribution < -0.4 is 20.9 Å². The molecule has 11 heteroatoms. The molecular formula is C24H23N5O5S. The first kappa shape index (κ1) is 23.9. The zero-order valence-electron chi connectivity index (χ0n) is 19.3. The van der Waals surface area contributed by atoms with Gasteiger partial charge in [0.2, 0.25) is 0 Å². The number of rotatable bonds is 6. The van der Waals surface area contributed by atoms with Crippen molar-refractivity contribution in [3.63, 3.8) is 0 Å². The van der Waals surface area contributed by atoms with Crippen LogP contribution in [0.4, 0.5) is 11.4 Å². The molecular weight excluding hydrogens is 470 g/mol. The normalized spacial score (nSPS) is 11.4. The van der Waals surface area contributed by atoms with Crippen molar-refractivity contribution in [3.8, 4) is 0 Å². The van der Waals surface area contributed by atoms with Gasteiger partial charge in [0.15, 0.2) is 0 Å². The number of pyridine rings is 1. The number of fused-ring (bicyclic) bond motifs is 1. The summed E-state index contributed by atoms with van der Waals surface area (Å²) in [6, 6.07) is 15.8. The topological polar surface area (TPSA) is 123 Å². The minimum Gasteiger partial charge on any atom is -0.321 e. The van der Waals surface area contributed by atoms with Gasteiger partial charge < -0.3 is 5.32 Å². The molecule has 2 aromatic heterocycles. The molecule has 0 spiro atoms. The molecule has 0 aliphatic heterocycles. The summed E-state index contributed by atoms with van der Waals surface area (Å²) in [5.74, 6) is -0.576. The van der Waals surface area contributed by atoms with Crippen LogP contribution in [-0.4, -0.2) is 35.0 Å². The monoisotopic (exact) mass is 493 g/mol. The summed E-state index contributed by atoms with van der Waals surface area (Å²) in [7, 11) is -1.06. The number of sulfonamides is 1. The summed E-state index contributed by atoms with van der Waals surface area (Å²) in [6.45, 7) is 1.94. The van der Waals surface area contributed by atoms with Gasteiger partial charge in [0, 0.05) is 26.2 Å². The molecule has 1 N–H and O–H groups in total. The third-order valence-electron chi connectivity index (χ3n) is 5.57. The van der Waals surface area contributed by atoms with Crippen LogP contribution >= 0.6 is 0 Å². The molecule has 2 heterocycles. The van der Waals surface area contributed by atoms with Gasteiger partial charge in [-0.05, 0) is 43.3 Å². The average Bonchev–Trinajstić information content (AvgIpc) is 2.87. The molecule has 180 valence electrons. The summed E-state index contributed by atoms with van der Waals surface area (Å²) in [5.41, 5.74) is -0.00995. The predicted molar refractivity (Wildman–Crippen MR) is 133 cm³/mol. The lowest BCUT2D eigenvalue weighted by Crippen LogP contribution is -2.37. The Morgan fingerprint density at radius 3 is 2.40 bits per heavy atom. The zero-order valence-corrected chi connectivity index (χ0v) is 20.1. The van der Waals surface area contributed by atoms with Crippen LogP contribution in [0.5, 0.6) is 0 Å². The maximum absolute atomic E-state index is 13.3. The van der Waals surface area contributed by atoms with Crippen LogP contribution in [0.1, 0.15) is 17.3 Å². The average molecular weight is 494 g/mol. The van der Waals surface area contributed by atoms with E-state index >= 15 is 0 Å². The fraction of sp³-hybridized carbons (Fsp3) is 0.167. The van der Waals surface area contributed by atoms with E-state index in [9.17, 15) is 22.8 Å². The Morgan fingerprint density at radius 1 is 1.00 bits per heavy atom. The van der Waals surface area contributed by atoms with Crippen molar-refractivity contribution in [2.75, 3.05) is 16.2 Å². The molecule has 0 radical (unpaired) electrons. The largest absolute Gasteiger partial charge is 0.332 e. The Kier molecular flexibility index (Phi) is 6.27. The fourth-order valence-corrected chi connectivity index (χ4v) is 5.27. The number of carbonyl (C=O) groups is 1. The lowest BCUT2D eigenvalue weighted by Gasteiger charge is -2.23. The van der Waals surface area contributed by atoms with Crippen LogP contribution in [0.2, 0.25) is 0 Å². The van der Waals surface area contributed by atoms with Gasteiger partial charge in [-0.25, -0.2) is 18.2 Å². The van der Waals surface area contributed by atoms with E-state index in [-0.39, 0.29) is 33.7 Å². The van der Waals surface area contributed by atoms with Crippen molar-refractivity contribution in [2.45, 2.75) is 11.8 Å². The first-order valence-corrected chi connectivity index (χ1v) is 12.1. The van der Waals surface area contributed by atoms with E-state index in [2.05, 4.69) is 10.3 Å². The highest BCUT2D eigenvalue weighted by Crippen LogP contribution is 2.24. The molecule has 0 aliphatic rings. The molecule has 1 amide bonds. The molecule has 4 rings (SSSR count). The number of benzene rings is 2. The molecule has 0 bridgehead atoms. The first-order chi connectivity index (χ1) is 16.6. The van der Waals surface area contributed by atoms with E-state index in [1.807, 2.05) is 0 Å². The van der Waals surface area contributed by atoms with Crippen molar-refractivity contribution in [1.82, 2.24) is 14.1 Å². The van der Waals surface area contributed by atoms with Gasteiger partial charge >= 0.3 is 5.69 Å². The second-order valence-electron chi connectivity index (χ2n) is 7.79. The van der Waals surface area contributed by atoms with E-state index in [0.29, 0.717) is 5.69 Å². The van der Waals surface area contributed by atoms with Gasteiger partial charge in [-0.15, -0.1) is 0 Å². The van der Waals surface area contributed by atoms with Crippen LogP contribution in [0.15, 0.2) is 81.3 Å². The van der Waals surface area contributed by atoms with Gasteiger partial charge in [-0.2, -0.15) is 0 Å². The van der Waals surface area contributed by atoms with E-state index in [4.69, 9.17) is 0 Å². The summed E-state index contributed by atoms with van der Waals surface area (Å²) >= 11 is 0. The smallest absolute Gasteiger partial charge is 0.321 e. The Bertz CT molecular complexity index is 1660. The van der Waals surface area contributed by atoms with E-state index in [1.165, 1.54) is 59.5 Å². The van der Waals surface area contributed by atoms with Crippen molar-refractivity contribution in [2.24, 2.45) is 14.1 Å². The standard InChI is InChI=1S/C24H23N5O5S/c1-4-29(18-10-6-5-7-11-18)35(33,34)19-12-8-9-16(13-19)22(30)26-17-14-20-21(25-15-17)27(2)24(32)28(3)23(20)31/h5-15H,4H2,1-3H3,(H,26,30). The van der Waals surface area contributed by atoms with Crippen LogP contribution in [0.3, 0.4) is 0 Å². The summed E-state index contributed by atoms with van der Waals surface area (Å²) in [5, 5.41) is 2.80. The van der Waals surface area contributed by atoms with Crippen molar-refractivity contribution in [3.05, 3.63) is 93.3 Å². The third-order valence-corrected chi connectivity index (χ3v) is 7.47. The number of carbonyl (C=O) groups excluding carboxylic acids is 1. The van der Waals surface area contributed by atoms with E-state index < -0.39 is 27.2 Å². The van der Waals surface area contributed by atoms with Gasteiger partial charge in [0.1, 0.15) is 5.65 Å².